The highest BCUT2D eigenvalue weighted by Gasteiger charge is 2.53. The molecule has 19 heavy (non-hydrogen) atoms. The van der Waals surface area contributed by atoms with Gasteiger partial charge in [-0.05, 0) is 38.0 Å². The SMILES string of the molecule is COC(=O)C(CSC(C)CCO)(NC1CC1)C1CC1. The molecule has 0 aliphatic heterocycles. The van der Waals surface area contributed by atoms with Gasteiger partial charge in [-0.2, -0.15) is 11.8 Å². The average Bonchev–Trinajstić information content (AvgIpc) is 3.26. The average molecular weight is 287 g/mol. The molecule has 0 bridgehead atoms. The van der Waals surface area contributed by atoms with Gasteiger partial charge in [-0.25, -0.2) is 0 Å². The van der Waals surface area contributed by atoms with Crippen LogP contribution in [0.25, 0.3) is 0 Å². The monoisotopic (exact) mass is 287 g/mol. The minimum Gasteiger partial charge on any atom is -0.468 e. The molecule has 0 aromatic heterocycles. The maximum Gasteiger partial charge on any atom is 0.327 e. The molecule has 0 aromatic rings. The highest BCUT2D eigenvalue weighted by atomic mass is 32.2. The maximum absolute atomic E-state index is 12.3. The number of aliphatic hydroxyl groups is 1. The lowest BCUT2D eigenvalue weighted by Crippen LogP contribution is -2.57. The molecule has 0 saturated heterocycles. The standard InChI is InChI=1S/C14H25NO3S/c1-10(7-8-16)19-9-14(11-3-4-11,13(17)18-2)15-12-5-6-12/h10-12,15-16H,3-9H2,1-2H3. The van der Waals surface area contributed by atoms with Crippen molar-refractivity contribution in [3.63, 3.8) is 0 Å². The molecule has 2 atom stereocenters. The molecule has 2 N–H and O–H groups in total. The number of carbonyl (C=O) groups excluding carboxylic acids is 1. The topological polar surface area (TPSA) is 58.6 Å². The number of rotatable bonds is 9. The van der Waals surface area contributed by atoms with Crippen molar-refractivity contribution >= 4 is 17.7 Å². The van der Waals surface area contributed by atoms with Crippen molar-refractivity contribution < 1.29 is 14.6 Å². The fourth-order valence-corrected chi connectivity index (χ4v) is 3.71. The van der Waals surface area contributed by atoms with E-state index in [-0.39, 0.29) is 12.6 Å². The van der Waals surface area contributed by atoms with E-state index in [0.29, 0.717) is 17.2 Å². The molecule has 0 heterocycles. The summed E-state index contributed by atoms with van der Waals surface area (Å²) in [7, 11) is 1.48. The summed E-state index contributed by atoms with van der Waals surface area (Å²) in [4.78, 5) is 12.3. The van der Waals surface area contributed by atoms with E-state index in [1.165, 1.54) is 20.0 Å². The summed E-state index contributed by atoms with van der Waals surface area (Å²) in [6, 6.07) is 0.494. The van der Waals surface area contributed by atoms with Gasteiger partial charge >= 0.3 is 5.97 Å². The molecule has 4 nitrogen and oxygen atoms in total. The molecule has 0 spiro atoms. The lowest BCUT2D eigenvalue weighted by molar-refractivity contribution is -0.148. The first-order valence-electron chi connectivity index (χ1n) is 7.21. The second-order valence-electron chi connectivity index (χ2n) is 5.79. The molecule has 2 rings (SSSR count). The van der Waals surface area contributed by atoms with E-state index in [1.807, 2.05) is 0 Å². The third-order valence-electron chi connectivity index (χ3n) is 3.99. The number of methoxy groups -OCH3 is 1. The van der Waals surface area contributed by atoms with Crippen LogP contribution >= 0.6 is 11.8 Å². The van der Waals surface area contributed by atoms with Crippen LogP contribution in [-0.4, -0.2) is 47.4 Å². The third-order valence-corrected chi connectivity index (χ3v) is 5.42. The van der Waals surface area contributed by atoms with Crippen LogP contribution in [0.4, 0.5) is 0 Å². The number of esters is 1. The Kier molecular flexibility index (Phi) is 5.15. The van der Waals surface area contributed by atoms with E-state index in [4.69, 9.17) is 9.84 Å². The van der Waals surface area contributed by atoms with Crippen molar-refractivity contribution in [3.8, 4) is 0 Å². The molecular weight excluding hydrogens is 262 g/mol. The van der Waals surface area contributed by atoms with Gasteiger partial charge in [0.2, 0.25) is 0 Å². The van der Waals surface area contributed by atoms with Gasteiger partial charge in [-0.3, -0.25) is 10.1 Å². The Morgan fingerprint density at radius 2 is 2.16 bits per heavy atom. The molecule has 0 radical (unpaired) electrons. The summed E-state index contributed by atoms with van der Waals surface area (Å²) in [5, 5.41) is 12.9. The zero-order valence-corrected chi connectivity index (χ0v) is 12.7. The highest BCUT2D eigenvalue weighted by Crippen LogP contribution is 2.44. The Hall–Kier alpha value is -0.260. The van der Waals surface area contributed by atoms with Crippen LogP contribution in [0.5, 0.6) is 0 Å². The molecule has 2 saturated carbocycles. The fourth-order valence-electron chi connectivity index (χ4n) is 2.45. The molecule has 0 amide bonds. The number of aliphatic hydroxyl groups excluding tert-OH is 1. The highest BCUT2D eigenvalue weighted by molar-refractivity contribution is 8.00. The first-order chi connectivity index (χ1) is 9.12. The lowest BCUT2D eigenvalue weighted by atomic mass is 9.95. The number of hydrogen-bond acceptors (Lipinski definition) is 5. The maximum atomic E-state index is 12.3. The summed E-state index contributed by atoms with van der Waals surface area (Å²) in [5.41, 5.74) is -0.496. The number of carbonyl (C=O) groups is 1. The van der Waals surface area contributed by atoms with Crippen molar-refractivity contribution in [1.82, 2.24) is 5.32 Å². The van der Waals surface area contributed by atoms with E-state index < -0.39 is 5.54 Å². The number of ether oxygens (including phenoxy) is 1. The molecule has 5 heteroatoms. The van der Waals surface area contributed by atoms with Crippen LogP contribution in [-0.2, 0) is 9.53 Å². The van der Waals surface area contributed by atoms with E-state index >= 15 is 0 Å². The first-order valence-corrected chi connectivity index (χ1v) is 8.26. The van der Waals surface area contributed by atoms with Crippen molar-refractivity contribution in [2.24, 2.45) is 5.92 Å². The number of hydrogen-bond donors (Lipinski definition) is 2. The number of thioether (sulfide) groups is 1. The molecule has 2 aliphatic rings. The Bertz CT molecular complexity index is 318. The van der Waals surface area contributed by atoms with Crippen molar-refractivity contribution in [3.05, 3.63) is 0 Å². The quantitative estimate of drug-likeness (QED) is 0.630. The van der Waals surface area contributed by atoms with Gasteiger partial charge in [0.1, 0.15) is 5.54 Å². The van der Waals surface area contributed by atoms with Crippen LogP contribution in [0.1, 0.15) is 39.0 Å². The van der Waals surface area contributed by atoms with E-state index in [0.717, 1.165) is 25.0 Å². The zero-order valence-electron chi connectivity index (χ0n) is 11.9. The molecule has 2 aliphatic carbocycles. The predicted molar refractivity (Wildman–Crippen MR) is 77.3 cm³/mol. The van der Waals surface area contributed by atoms with Gasteiger partial charge in [0, 0.05) is 23.7 Å². The first kappa shape index (κ1) is 15.1. The second kappa shape index (κ2) is 6.46. The van der Waals surface area contributed by atoms with Gasteiger partial charge < -0.3 is 9.84 Å². The lowest BCUT2D eigenvalue weighted by Gasteiger charge is -2.33. The van der Waals surface area contributed by atoms with Crippen molar-refractivity contribution in [2.45, 2.75) is 55.9 Å². The zero-order chi connectivity index (χ0) is 13.9. The normalized spacial score (nSPS) is 23.7. The largest absolute Gasteiger partial charge is 0.468 e. The number of nitrogens with one attached hydrogen (secondary N) is 1. The smallest absolute Gasteiger partial charge is 0.327 e. The summed E-state index contributed by atoms with van der Waals surface area (Å²) >= 11 is 1.77. The summed E-state index contributed by atoms with van der Waals surface area (Å²) < 4.78 is 5.07. The summed E-state index contributed by atoms with van der Waals surface area (Å²) in [6.45, 7) is 2.31. The minimum atomic E-state index is -0.496. The third kappa shape index (κ3) is 3.86. The van der Waals surface area contributed by atoms with Gasteiger partial charge in [0.15, 0.2) is 0 Å². The van der Waals surface area contributed by atoms with Crippen molar-refractivity contribution in [1.29, 1.82) is 0 Å². The summed E-state index contributed by atoms with van der Waals surface area (Å²) in [5.74, 6) is 1.07. The van der Waals surface area contributed by atoms with Gasteiger partial charge in [-0.15, -0.1) is 0 Å². The van der Waals surface area contributed by atoms with Crippen LogP contribution in [0.15, 0.2) is 0 Å². The van der Waals surface area contributed by atoms with Crippen LogP contribution in [0.3, 0.4) is 0 Å². The van der Waals surface area contributed by atoms with Crippen LogP contribution in [0, 0.1) is 5.92 Å². The van der Waals surface area contributed by atoms with E-state index in [1.54, 1.807) is 11.8 Å². The minimum absolute atomic E-state index is 0.106. The molecule has 0 aromatic carbocycles. The van der Waals surface area contributed by atoms with Gasteiger partial charge in [-0.1, -0.05) is 6.92 Å². The second-order valence-corrected chi connectivity index (χ2v) is 7.22. The Morgan fingerprint density at radius 1 is 1.47 bits per heavy atom. The molecule has 2 fully saturated rings. The molecule has 110 valence electrons. The Labute approximate surface area is 119 Å². The van der Waals surface area contributed by atoms with E-state index in [2.05, 4.69) is 12.2 Å². The van der Waals surface area contributed by atoms with E-state index in [9.17, 15) is 4.79 Å². The molecular formula is C14H25NO3S. The molecule has 2 unspecified atom stereocenters. The Morgan fingerprint density at radius 3 is 2.63 bits per heavy atom. The van der Waals surface area contributed by atoms with Gasteiger partial charge in [0.25, 0.3) is 0 Å². The van der Waals surface area contributed by atoms with Gasteiger partial charge in [0.05, 0.1) is 7.11 Å². The van der Waals surface area contributed by atoms with Crippen LogP contribution < -0.4 is 5.32 Å². The fraction of sp³-hybridized carbons (Fsp3) is 0.929. The summed E-state index contributed by atoms with van der Waals surface area (Å²) in [6.07, 6.45) is 5.34. The Balaban J connectivity index is 2.00. The van der Waals surface area contributed by atoms with Crippen LogP contribution in [0.2, 0.25) is 0 Å². The predicted octanol–water partition coefficient (Wildman–Crippen LogP) is 1.56. The van der Waals surface area contributed by atoms with Crippen molar-refractivity contribution in [2.75, 3.05) is 19.5 Å².